The van der Waals surface area contributed by atoms with Crippen LogP contribution in [0, 0.1) is 0 Å². The quantitative estimate of drug-likeness (QED) is 0.174. The lowest BCUT2D eigenvalue weighted by Gasteiger charge is -2.11. The number of nitrogens with one attached hydrogen (secondary N) is 2. The summed E-state index contributed by atoms with van der Waals surface area (Å²) >= 11 is 0. The van der Waals surface area contributed by atoms with Crippen molar-refractivity contribution in [2.75, 3.05) is 10.0 Å². The van der Waals surface area contributed by atoms with Crippen LogP contribution < -0.4 is 10.0 Å². The Bertz CT molecular complexity index is 1430. The highest BCUT2D eigenvalue weighted by atomic mass is 32.2. The van der Waals surface area contributed by atoms with Gasteiger partial charge >= 0.3 is 5.97 Å². The van der Waals surface area contributed by atoms with Gasteiger partial charge in [0, 0.05) is 5.69 Å². The summed E-state index contributed by atoms with van der Waals surface area (Å²) in [5.41, 5.74) is -0.752. The second-order valence-corrected chi connectivity index (χ2v) is 8.74. The van der Waals surface area contributed by atoms with Crippen molar-refractivity contribution < 1.29 is 33.3 Å². The number of carbonyl (C=O) groups excluding carboxylic acids is 1. The van der Waals surface area contributed by atoms with Gasteiger partial charge in [0.1, 0.15) is 17.2 Å². The van der Waals surface area contributed by atoms with Gasteiger partial charge in [0.15, 0.2) is 5.70 Å². The Morgan fingerprint density at radius 2 is 1.57 bits per heavy atom. The molecule has 0 atom stereocenters. The fourth-order valence-corrected chi connectivity index (χ4v) is 3.91. The molecule has 11 nitrogen and oxygen atoms in total. The first-order valence-corrected chi connectivity index (χ1v) is 11.4. The van der Waals surface area contributed by atoms with E-state index in [4.69, 9.17) is 0 Å². The van der Waals surface area contributed by atoms with E-state index in [1.165, 1.54) is 31.2 Å². The number of phenols is 1. The van der Waals surface area contributed by atoms with Crippen molar-refractivity contribution in [3.05, 3.63) is 89.8 Å². The van der Waals surface area contributed by atoms with Crippen LogP contribution in [-0.2, 0) is 14.8 Å². The topological polar surface area (TPSA) is 178 Å². The molecule has 0 saturated carbocycles. The van der Waals surface area contributed by atoms with E-state index >= 15 is 0 Å². The lowest BCUT2D eigenvalue weighted by atomic mass is 10.2. The number of azo groups is 1. The number of para-hydroxylation sites is 2. The van der Waals surface area contributed by atoms with Crippen LogP contribution in [-0.4, -0.2) is 35.6 Å². The molecule has 3 rings (SSSR count). The molecule has 3 aromatic rings. The lowest BCUT2D eigenvalue weighted by molar-refractivity contribution is -0.113. The van der Waals surface area contributed by atoms with Crippen LogP contribution in [0.25, 0.3) is 0 Å². The zero-order valence-electron chi connectivity index (χ0n) is 18.2. The number of carboxylic acid groups (broad SMARTS) is 1. The van der Waals surface area contributed by atoms with Crippen LogP contribution in [0.3, 0.4) is 0 Å². The molecule has 0 spiro atoms. The molecule has 0 fully saturated rings. The molecule has 0 aliphatic rings. The van der Waals surface area contributed by atoms with Crippen molar-refractivity contribution in [2.45, 2.75) is 11.8 Å². The molecule has 0 radical (unpaired) electrons. The van der Waals surface area contributed by atoms with E-state index in [9.17, 15) is 33.3 Å². The number of phenolic OH excluding ortho intramolecular Hbond substituents is 1. The number of benzene rings is 3. The van der Waals surface area contributed by atoms with Gasteiger partial charge in [-0.15, -0.1) is 10.2 Å². The van der Waals surface area contributed by atoms with Crippen LogP contribution in [0.2, 0.25) is 0 Å². The van der Waals surface area contributed by atoms with Gasteiger partial charge < -0.3 is 20.6 Å². The highest BCUT2D eigenvalue weighted by molar-refractivity contribution is 7.92. The summed E-state index contributed by atoms with van der Waals surface area (Å²) in [5, 5.41) is 39.2. The van der Waals surface area contributed by atoms with Crippen LogP contribution >= 0.6 is 0 Å². The van der Waals surface area contributed by atoms with Gasteiger partial charge in [-0.2, -0.15) is 0 Å². The molecule has 0 saturated heterocycles. The van der Waals surface area contributed by atoms with Crippen molar-refractivity contribution >= 4 is 39.0 Å². The minimum atomic E-state index is -4.29. The third kappa shape index (κ3) is 6.21. The molecule has 3 aromatic carbocycles. The van der Waals surface area contributed by atoms with Crippen LogP contribution in [0.15, 0.2) is 99.4 Å². The summed E-state index contributed by atoms with van der Waals surface area (Å²) in [7, 11) is -4.29. The zero-order chi connectivity index (χ0) is 25.6. The van der Waals surface area contributed by atoms with E-state index in [1.54, 1.807) is 30.3 Å². The number of rotatable bonds is 8. The van der Waals surface area contributed by atoms with Gasteiger partial charge in [0.2, 0.25) is 0 Å². The van der Waals surface area contributed by atoms with Crippen LogP contribution in [0.1, 0.15) is 17.3 Å². The Morgan fingerprint density at radius 1 is 0.914 bits per heavy atom. The number of amides is 1. The Labute approximate surface area is 200 Å². The molecule has 5 N–H and O–H groups in total. The maximum Gasteiger partial charge on any atom is 0.337 e. The number of anilines is 2. The van der Waals surface area contributed by atoms with Gasteiger partial charge in [0.25, 0.3) is 15.9 Å². The number of nitrogens with zero attached hydrogens (tertiary/aromatic N) is 2. The standard InChI is InChI=1S/C23H20N4O7S/c1-14(28)21(22(30)24-15-7-3-2-4-8-15)26-25-19-13-16(11-12-20(19)29)35(33,34)27-18-10-6-5-9-17(18)23(31)32/h2-13,27-29H,1H3,(H,24,30)(H,31,32). The number of aliphatic hydroxyl groups is 1. The van der Waals surface area contributed by atoms with Gasteiger partial charge in [-0.05, 0) is 49.4 Å². The minimum absolute atomic E-state index is 0.157. The maximum atomic E-state index is 12.8. The first-order chi connectivity index (χ1) is 16.6. The minimum Gasteiger partial charge on any atom is -0.510 e. The summed E-state index contributed by atoms with van der Waals surface area (Å²) in [6.07, 6.45) is 0. The molecule has 0 unspecified atom stereocenters. The molecule has 0 aromatic heterocycles. The molecular weight excluding hydrogens is 476 g/mol. The first kappa shape index (κ1) is 24.9. The SMILES string of the molecule is CC(O)=C(N=Nc1cc(S(=O)(=O)Nc2ccccc2C(=O)O)ccc1O)C(=O)Nc1ccccc1. The molecular formula is C23H20N4O7S. The highest BCUT2D eigenvalue weighted by Gasteiger charge is 2.20. The number of hydrogen-bond donors (Lipinski definition) is 5. The largest absolute Gasteiger partial charge is 0.510 e. The summed E-state index contributed by atoms with van der Waals surface area (Å²) in [6.45, 7) is 1.21. The van der Waals surface area contributed by atoms with Gasteiger partial charge in [-0.1, -0.05) is 30.3 Å². The Hall–Kier alpha value is -4.71. The zero-order valence-corrected chi connectivity index (χ0v) is 19.0. The molecule has 0 bridgehead atoms. The predicted octanol–water partition coefficient (Wildman–Crippen LogP) is 4.40. The van der Waals surface area contributed by atoms with E-state index < -0.39 is 39.1 Å². The average molecular weight is 497 g/mol. The fraction of sp³-hybridized carbons (Fsp3) is 0.0435. The number of hydrogen-bond acceptors (Lipinski definition) is 8. The normalized spacial score (nSPS) is 12.1. The highest BCUT2D eigenvalue weighted by Crippen LogP contribution is 2.31. The molecule has 0 aliphatic carbocycles. The molecule has 35 heavy (non-hydrogen) atoms. The molecule has 180 valence electrons. The fourth-order valence-electron chi connectivity index (χ4n) is 2.81. The number of carboxylic acids is 1. The van der Waals surface area contributed by atoms with E-state index in [0.717, 1.165) is 18.2 Å². The maximum absolute atomic E-state index is 12.8. The van der Waals surface area contributed by atoms with Crippen molar-refractivity contribution in [1.82, 2.24) is 0 Å². The van der Waals surface area contributed by atoms with Crippen LogP contribution in [0.5, 0.6) is 5.75 Å². The molecule has 12 heteroatoms. The first-order valence-electron chi connectivity index (χ1n) is 9.94. The number of aliphatic hydroxyl groups excluding tert-OH is 1. The predicted molar refractivity (Wildman–Crippen MR) is 127 cm³/mol. The van der Waals surface area contributed by atoms with Crippen molar-refractivity contribution in [2.24, 2.45) is 10.2 Å². The van der Waals surface area contributed by atoms with Gasteiger partial charge in [0.05, 0.1) is 16.1 Å². The second-order valence-electron chi connectivity index (χ2n) is 7.06. The van der Waals surface area contributed by atoms with Crippen molar-refractivity contribution in [3.8, 4) is 5.75 Å². The summed E-state index contributed by atoms with van der Waals surface area (Å²) < 4.78 is 27.8. The van der Waals surface area contributed by atoms with E-state index in [1.807, 2.05) is 0 Å². The Kier molecular flexibility index (Phi) is 7.46. The number of allylic oxidation sites excluding steroid dienone is 1. The summed E-state index contributed by atoms with van der Waals surface area (Å²) in [5.74, 6) is -3.01. The summed E-state index contributed by atoms with van der Waals surface area (Å²) in [4.78, 5) is 23.5. The van der Waals surface area contributed by atoms with Gasteiger partial charge in [-0.25, -0.2) is 13.2 Å². The Balaban J connectivity index is 1.89. The lowest BCUT2D eigenvalue weighted by Crippen LogP contribution is -2.15. The monoisotopic (exact) mass is 496 g/mol. The van der Waals surface area contributed by atoms with Crippen LogP contribution in [0.4, 0.5) is 17.1 Å². The summed E-state index contributed by atoms with van der Waals surface area (Å²) in [6, 6.07) is 16.9. The molecule has 0 heterocycles. The molecule has 1 amide bonds. The smallest absolute Gasteiger partial charge is 0.337 e. The number of aromatic hydroxyl groups is 1. The second kappa shape index (κ2) is 10.5. The Morgan fingerprint density at radius 3 is 2.23 bits per heavy atom. The van der Waals surface area contributed by atoms with E-state index in [-0.39, 0.29) is 21.8 Å². The number of carbonyl (C=O) groups is 2. The van der Waals surface area contributed by atoms with E-state index in [0.29, 0.717) is 5.69 Å². The van der Waals surface area contributed by atoms with Crippen molar-refractivity contribution in [3.63, 3.8) is 0 Å². The third-order valence-corrected chi connectivity index (χ3v) is 5.87. The van der Waals surface area contributed by atoms with E-state index in [2.05, 4.69) is 20.3 Å². The van der Waals surface area contributed by atoms with Crippen molar-refractivity contribution in [1.29, 1.82) is 0 Å². The number of aromatic carboxylic acids is 1. The average Bonchev–Trinajstić information content (AvgIpc) is 2.80. The van der Waals surface area contributed by atoms with Gasteiger partial charge in [-0.3, -0.25) is 9.52 Å². The number of sulfonamides is 1. The molecule has 0 aliphatic heterocycles. The third-order valence-electron chi connectivity index (χ3n) is 4.51.